The third-order valence-corrected chi connectivity index (χ3v) is 4.02. The highest BCUT2D eigenvalue weighted by Gasteiger charge is 2.21. The number of rotatable bonds is 7. The third-order valence-electron chi connectivity index (χ3n) is 3.79. The number of nitro groups is 1. The predicted octanol–water partition coefficient (Wildman–Crippen LogP) is 2.98. The number of halogens is 1. The molecular weight excluding hydrogens is 390 g/mol. The quantitative estimate of drug-likeness (QED) is 0.558. The van der Waals surface area contributed by atoms with Crippen LogP contribution in [0.5, 0.6) is 11.5 Å². The van der Waals surface area contributed by atoms with E-state index in [-0.39, 0.29) is 23.5 Å². The fraction of sp³-hybridized carbons (Fsp3) is 0.222. The van der Waals surface area contributed by atoms with Crippen molar-refractivity contribution in [2.75, 3.05) is 33.1 Å². The molecule has 0 aliphatic heterocycles. The second-order valence-corrected chi connectivity index (χ2v) is 6.13. The topological polar surface area (TPSA) is 111 Å². The normalized spacial score (nSPS) is 10.1. The first-order valence-corrected chi connectivity index (χ1v) is 8.36. The van der Waals surface area contributed by atoms with Gasteiger partial charge in [0.2, 0.25) is 5.91 Å². The Labute approximate surface area is 165 Å². The van der Waals surface area contributed by atoms with E-state index >= 15 is 0 Å². The van der Waals surface area contributed by atoms with Crippen molar-refractivity contribution in [1.82, 2.24) is 4.90 Å². The van der Waals surface area contributed by atoms with Crippen LogP contribution in [0.1, 0.15) is 10.4 Å². The molecule has 0 aromatic heterocycles. The molecule has 2 rings (SSSR count). The summed E-state index contributed by atoms with van der Waals surface area (Å²) in [6, 6.07) is 8.56. The zero-order valence-electron chi connectivity index (χ0n) is 15.4. The standard InChI is InChI=1S/C18H18ClN3O6/c1-21(10-17(23)20-13-9-12(19)5-7-15(13)27-2)18(24)11-4-6-16(28-3)14(8-11)22(25)26/h4-9H,10H2,1-3H3,(H,20,23). The van der Waals surface area contributed by atoms with Gasteiger partial charge < -0.3 is 19.7 Å². The van der Waals surface area contributed by atoms with E-state index in [0.717, 1.165) is 11.0 Å². The summed E-state index contributed by atoms with van der Waals surface area (Å²) in [6.45, 7) is -0.283. The summed E-state index contributed by atoms with van der Waals surface area (Å²) in [5.41, 5.74) is 0.0823. The van der Waals surface area contributed by atoms with Crippen molar-refractivity contribution in [3.8, 4) is 11.5 Å². The molecular formula is C18H18ClN3O6. The molecule has 2 aromatic carbocycles. The molecule has 0 saturated heterocycles. The molecule has 0 bridgehead atoms. The maximum Gasteiger partial charge on any atom is 0.311 e. The smallest absolute Gasteiger partial charge is 0.311 e. The number of benzene rings is 2. The third kappa shape index (κ3) is 4.89. The zero-order valence-corrected chi connectivity index (χ0v) is 16.1. The average molecular weight is 408 g/mol. The van der Waals surface area contributed by atoms with Crippen LogP contribution in [0.4, 0.5) is 11.4 Å². The molecule has 0 fully saturated rings. The molecule has 2 aromatic rings. The van der Waals surface area contributed by atoms with E-state index in [4.69, 9.17) is 21.1 Å². The Morgan fingerprint density at radius 2 is 1.79 bits per heavy atom. The van der Waals surface area contributed by atoms with Crippen LogP contribution in [0, 0.1) is 10.1 Å². The molecule has 0 aliphatic rings. The van der Waals surface area contributed by atoms with Gasteiger partial charge in [0.15, 0.2) is 5.75 Å². The van der Waals surface area contributed by atoms with E-state index in [1.807, 2.05) is 0 Å². The monoisotopic (exact) mass is 407 g/mol. The highest BCUT2D eigenvalue weighted by Crippen LogP contribution is 2.29. The van der Waals surface area contributed by atoms with Crippen LogP contribution in [0.15, 0.2) is 36.4 Å². The first-order chi connectivity index (χ1) is 13.3. The minimum absolute atomic E-state index is 0.0370. The number of hydrogen-bond donors (Lipinski definition) is 1. The minimum Gasteiger partial charge on any atom is -0.495 e. The maximum absolute atomic E-state index is 12.5. The van der Waals surface area contributed by atoms with E-state index in [9.17, 15) is 19.7 Å². The number of nitro benzene ring substituents is 1. The van der Waals surface area contributed by atoms with Crippen molar-refractivity contribution in [2.45, 2.75) is 0 Å². The van der Waals surface area contributed by atoms with Crippen LogP contribution in [0.2, 0.25) is 5.02 Å². The van der Waals surface area contributed by atoms with Crippen molar-refractivity contribution >= 4 is 34.8 Å². The SMILES string of the molecule is COc1ccc(Cl)cc1NC(=O)CN(C)C(=O)c1ccc(OC)c([N+](=O)[O-])c1. The van der Waals surface area contributed by atoms with Crippen LogP contribution >= 0.6 is 11.6 Å². The van der Waals surface area contributed by atoms with Crippen LogP contribution in [0.3, 0.4) is 0 Å². The van der Waals surface area contributed by atoms with Gasteiger partial charge in [-0.2, -0.15) is 0 Å². The Kier molecular flexibility index (Phi) is 6.78. The van der Waals surface area contributed by atoms with E-state index in [2.05, 4.69) is 5.32 Å². The Morgan fingerprint density at radius 1 is 1.14 bits per heavy atom. The predicted molar refractivity (Wildman–Crippen MR) is 103 cm³/mol. The van der Waals surface area contributed by atoms with Gasteiger partial charge in [-0.25, -0.2) is 0 Å². The van der Waals surface area contributed by atoms with Gasteiger partial charge in [0, 0.05) is 23.7 Å². The molecule has 148 valence electrons. The number of carbonyl (C=O) groups excluding carboxylic acids is 2. The van der Waals surface area contributed by atoms with E-state index < -0.39 is 16.7 Å². The number of methoxy groups -OCH3 is 2. The van der Waals surface area contributed by atoms with Crippen molar-refractivity contribution in [1.29, 1.82) is 0 Å². The number of likely N-dealkylation sites (N-methyl/N-ethyl adjacent to an activating group) is 1. The summed E-state index contributed by atoms with van der Waals surface area (Å²) in [7, 11) is 4.16. The zero-order chi connectivity index (χ0) is 20.8. The van der Waals surface area contributed by atoms with Crippen LogP contribution < -0.4 is 14.8 Å². The molecule has 9 nitrogen and oxygen atoms in total. The minimum atomic E-state index is -0.645. The summed E-state index contributed by atoms with van der Waals surface area (Å²) in [5, 5.41) is 14.1. The van der Waals surface area contributed by atoms with Gasteiger partial charge >= 0.3 is 5.69 Å². The lowest BCUT2D eigenvalue weighted by atomic mass is 10.1. The number of anilines is 1. The number of nitrogens with one attached hydrogen (secondary N) is 1. The Morgan fingerprint density at radius 3 is 2.39 bits per heavy atom. The number of hydrogen-bond acceptors (Lipinski definition) is 6. The van der Waals surface area contributed by atoms with Gasteiger partial charge in [-0.15, -0.1) is 0 Å². The summed E-state index contributed by atoms with van der Waals surface area (Å²) in [6.07, 6.45) is 0. The first-order valence-electron chi connectivity index (χ1n) is 7.98. The molecule has 28 heavy (non-hydrogen) atoms. The Bertz CT molecular complexity index is 918. The van der Waals surface area contributed by atoms with Crippen molar-refractivity contribution in [3.05, 3.63) is 57.1 Å². The highest BCUT2D eigenvalue weighted by atomic mass is 35.5. The fourth-order valence-electron chi connectivity index (χ4n) is 2.44. The van der Waals surface area contributed by atoms with E-state index in [1.54, 1.807) is 12.1 Å². The lowest BCUT2D eigenvalue weighted by Gasteiger charge is -2.18. The molecule has 10 heteroatoms. The Hall–Kier alpha value is -3.33. The molecule has 0 radical (unpaired) electrons. The molecule has 0 aliphatic carbocycles. The van der Waals surface area contributed by atoms with Gasteiger partial charge in [-0.3, -0.25) is 19.7 Å². The Balaban J connectivity index is 2.12. The molecule has 2 amide bonds. The molecule has 0 spiro atoms. The van der Waals surface area contributed by atoms with E-state index in [1.165, 1.54) is 39.5 Å². The van der Waals surface area contributed by atoms with Gasteiger partial charge in [-0.05, 0) is 30.3 Å². The largest absolute Gasteiger partial charge is 0.495 e. The molecule has 0 saturated carbocycles. The lowest BCUT2D eigenvalue weighted by Crippen LogP contribution is -2.35. The second kappa shape index (κ2) is 9.05. The summed E-state index contributed by atoms with van der Waals surface area (Å²) in [4.78, 5) is 36.4. The lowest BCUT2D eigenvalue weighted by molar-refractivity contribution is -0.385. The van der Waals surface area contributed by atoms with Crippen molar-refractivity contribution in [3.63, 3.8) is 0 Å². The fourth-order valence-corrected chi connectivity index (χ4v) is 2.61. The van der Waals surface area contributed by atoms with Gasteiger partial charge in [-0.1, -0.05) is 11.6 Å². The number of amides is 2. The van der Waals surface area contributed by atoms with Crippen LogP contribution in [-0.2, 0) is 4.79 Å². The number of ether oxygens (including phenoxy) is 2. The molecule has 0 heterocycles. The first kappa shape index (κ1) is 21.0. The number of nitrogens with zero attached hydrogens (tertiary/aromatic N) is 2. The van der Waals surface area contributed by atoms with Gasteiger partial charge in [0.1, 0.15) is 5.75 Å². The van der Waals surface area contributed by atoms with Crippen molar-refractivity contribution in [2.24, 2.45) is 0 Å². The molecule has 1 N–H and O–H groups in total. The molecule has 0 unspecified atom stereocenters. The van der Waals surface area contributed by atoms with Crippen molar-refractivity contribution < 1.29 is 24.0 Å². The van der Waals surface area contributed by atoms with Crippen LogP contribution in [-0.4, -0.2) is 49.4 Å². The van der Waals surface area contributed by atoms with Gasteiger partial charge in [0.25, 0.3) is 5.91 Å². The maximum atomic E-state index is 12.5. The highest BCUT2D eigenvalue weighted by molar-refractivity contribution is 6.31. The number of carbonyl (C=O) groups is 2. The average Bonchev–Trinajstić information content (AvgIpc) is 2.66. The summed E-state index contributed by atoms with van der Waals surface area (Å²) < 4.78 is 10.1. The second-order valence-electron chi connectivity index (χ2n) is 5.70. The molecule has 0 atom stereocenters. The van der Waals surface area contributed by atoms with E-state index in [0.29, 0.717) is 16.5 Å². The summed E-state index contributed by atoms with van der Waals surface area (Å²) >= 11 is 5.92. The summed E-state index contributed by atoms with van der Waals surface area (Å²) in [5.74, 6) is -0.592. The van der Waals surface area contributed by atoms with Crippen LogP contribution in [0.25, 0.3) is 0 Å². The van der Waals surface area contributed by atoms with Gasteiger partial charge in [0.05, 0.1) is 31.4 Å².